The second-order valence-electron chi connectivity index (χ2n) is 4.16. The normalized spacial score (nSPS) is 21.2. The summed E-state index contributed by atoms with van der Waals surface area (Å²) in [6.45, 7) is 14.9. The molecule has 0 aliphatic carbocycles. The van der Waals surface area contributed by atoms with E-state index in [9.17, 15) is 9.59 Å². The number of nitrogens with zero attached hydrogens (tertiary/aromatic N) is 3. The Labute approximate surface area is 127 Å². The Balaban J connectivity index is 2.82. The Kier molecular flexibility index (Phi) is 5.77. The molecule has 0 N–H and O–H groups in total. The third-order valence-corrected chi connectivity index (χ3v) is 2.85. The average molecular weight is 310 g/mol. The van der Waals surface area contributed by atoms with Crippen LogP contribution >= 0.6 is 11.6 Å². The van der Waals surface area contributed by atoms with Gasteiger partial charge in [-0.1, -0.05) is 0 Å². The van der Waals surface area contributed by atoms with Crippen LogP contribution in [0.25, 0.3) is 9.69 Å². The van der Waals surface area contributed by atoms with Gasteiger partial charge in [-0.2, -0.15) is 0 Å². The zero-order valence-electron chi connectivity index (χ0n) is 11.2. The Bertz CT molecular complexity index is 535. The molecule has 1 saturated heterocycles. The number of hydrogen-bond acceptors (Lipinski definition) is 5. The van der Waals surface area contributed by atoms with E-state index in [1.807, 2.05) is 0 Å². The second-order valence-corrected chi connectivity index (χ2v) is 4.42. The Morgan fingerprint density at radius 1 is 1.24 bits per heavy atom. The largest absolute Gasteiger partial charge is 0.418 e. The average Bonchev–Trinajstić information content (AvgIpc) is 2.42. The van der Waals surface area contributed by atoms with Crippen molar-refractivity contribution in [1.29, 1.82) is 0 Å². The van der Waals surface area contributed by atoms with Gasteiger partial charge in [-0.25, -0.2) is 27.6 Å². The maximum atomic E-state index is 11.7. The smallest absolute Gasteiger partial charge is 0.348 e. The lowest BCUT2D eigenvalue weighted by atomic mass is 10.2. The number of esters is 2. The van der Waals surface area contributed by atoms with Crippen LogP contribution in [-0.2, 0) is 19.1 Å². The van der Waals surface area contributed by atoms with Gasteiger partial charge in [0.1, 0.15) is 5.57 Å². The van der Waals surface area contributed by atoms with E-state index in [4.69, 9.17) is 34.2 Å². The van der Waals surface area contributed by atoms with E-state index in [0.717, 1.165) is 0 Å². The van der Waals surface area contributed by atoms with Crippen molar-refractivity contribution in [3.05, 3.63) is 46.8 Å². The van der Waals surface area contributed by atoms with Gasteiger partial charge in [0.05, 0.1) is 5.88 Å². The molecule has 1 heterocycles. The molecule has 0 atom stereocenters. The number of carbonyl (C=O) groups excluding carboxylic acids is 2. The third-order valence-electron chi connectivity index (χ3n) is 2.36. The van der Waals surface area contributed by atoms with Crippen LogP contribution in [0.4, 0.5) is 0 Å². The van der Waals surface area contributed by atoms with Crippen molar-refractivity contribution in [1.82, 2.24) is 4.90 Å². The molecule has 0 amide bonds. The van der Waals surface area contributed by atoms with E-state index >= 15 is 0 Å². The van der Waals surface area contributed by atoms with E-state index in [-0.39, 0.29) is 24.8 Å². The molecule has 1 aliphatic heterocycles. The molecule has 0 unspecified atom stereocenters. The summed E-state index contributed by atoms with van der Waals surface area (Å²) in [5.74, 6) is -3.30. The lowest BCUT2D eigenvalue weighted by molar-refractivity contribution is -0.221. The van der Waals surface area contributed by atoms with E-state index in [1.165, 1.54) is 30.2 Å². The molecule has 21 heavy (non-hydrogen) atoms. The van der Waals surface area contributed by atoms with Crippen LogP contribution in [-0.4, -0.2) is 41.8 Å². The SMILES string of the molecule is [C-]#[N+]CN(/C=C/C=C1C(=O)OC(C)(CCl)OC1=O)C[N+]#[C-]. The van der Waals surface area contributed by atoms with Crippen molar-refractivity contribution in [3.8, 4) is 0 Å². The quantitative estimate of drug-likeness (QED) is 0.253. The summed E-state index contributed by atoms with van der Waals surface area (Å²) in [6, 6.07) is 0. The molecular weight excluding hydrogens is 298 g/mol. The number of rotatable bonds is 5. The van der Waals surface area contributed by atoms with Gasteiger partial charge in [-0.3, -0.25) is 9.69 Å². The molecule has 0 aromatic rings. The van der Waals surface area contributed by atoms with Gasteiger partial charge in [-0.05, 0) is 12.2 Å². The third kappa shape index (κ3) is 4.51. The minimum Gasteiger partial charge on any atom is -0.418 e. The summed E-state index contributed by atoms with van der Waals surface area (Å²) < 4.78 is 9.86. The molecule has 1 rings (SSSR count). The van der Waals surface area contributed by atoms with Crippen molar-refractivity contribution < 1.29 is 19.1 Å². The van der Waals surface area contributed by atoms with Gasteiger partial charge < -0.3 is 9.47 Å². The molecule has 8 heteroatoms. The lowest BCUT2D eigenvalue weighted by Gasteiger charge is -2.31. The Morgan fingerprint density at radius 3 is 2.19 bits per heavy atom. The minimum atomic E-state index is -1.46. The van der Waals surface area contributed by atoms with E-state index in [1.54, 1.807) is 0 Å². The standard InChI is InChI=1S/C13H12ClN3O4/c1-13(7-14)20-11(18)10(12(19)21-13)5-4-6-17(8-15-2)9-16-3/h4-6H,7-9H2,1H3/b6-4+,10-5?. The van der Waals surface area contributed by atoms with Crippen LogP contribution in [0.5, 0.6) is 0 Å². The van der Waals surface area contributed by atoms with Gasteiger partial charge >= 0.3 is 11.9 Å². The minimum absolute atomic E-state index is 0.00126. The van der Waals surface area contributed by atoms with Crippen molar-refractivity contribution in [2.75, 3.05) is 19.2 Å². The number of allylic oxidation sites excluding steroid dienone is 2. The first kappa shape index (κ1) is 16.5. The van der Waals surface area contributed by atoms with Crippen LogP contribution in [0.2, 0.25) is 0 Å². The van der Waals surface area contributed by atoms with Crippen molar-refractivity contribution in [2.24, 2.45) is 0 Å². The first-order valence-electron chi connectivity index (χ1n) is 5.77. The highest BCUT2D eigenvalue weighted by molar-refractivity contribution is 6.20. The first-order chi connectivity index (χ1) is 9.95. The highest BCUT2D eigenvalue weighted by Crippen LogP contribution is 2.24. The van der Waals surface area contributed by atoms with Gasteiger partial charge in [-0.15, -0.1) is 11.6 Å². The predicted molar refractivity (Wildman–Crippen MR) is 73.3 cm³/mol. The highest BCUT2D eigenvalue weighted by Gasteiger charge is 2.41. The van der Waals surface area contributed by atoms with Crippen LogP contribution in [0.3, 0.4) is 0 Å². The fraction of sp³-hybridized carbons (Fsp3) is 0.385. The number of halogens is 1. The van der Waals surface area contributed by atoms with E-state index in [2.05, 4.69) is 9.69 Å². The lowest BCUT2D eigenvalue weighted by Crippen LogP contribution is -2.45. The molecule has 1 aliphatic rings. The highest BCUT2D eigenvalue weighted by atomic mass is 35.5. The number of alkyl halides is 1. The van der Waals surface area contributed by atoms with Gasteiger partial charge in [0.25, 0.3) is 19.1 Å². The maximum Gasteiger partial charge on any atom is 0.348 e. The van der Waals surface area contributed by atoms with Gasteiger partial charge in [0.2, 0.25) is 0 Å². The molecule has 0 aromatic heterocycles. The molecular formula is C13H12ClN3O4. The summed E-state index contributed by atoms with van der Waals surface area (Å²) in [5.41, 5.74) is -0.278. The predicted octanol–water partition coefficient (Wildman–Crippen LogP) is 1.54. The van der Waals surface area contributed by atoms with Gasteiger partial charge in [0, 0.05) is 13.1 Å². The topological polar surface area (TPSA) is 64.6 Å². The number of hydrogen-bond donors (Lipinski definition) is 0. The van der Waals surface area contributed by atoms with E-state index < -0.39 is 17.7 Å². The summed E-state index contributed by atoms with van der Waals surface area (Å²) in [4.78, 5) is 31.1. The molecule has 0 aromatic carbocycles. The van der Waals surface area contributed by atoms with Crippen LogP contribution in [0, 0.1) is 13.1 Å². The number of carbonyl (C=O) groups is 2. The molecule has 1 fully saturated rings. The number of cyclic esters (lactones) is 2. The van der Waals surface area contributed by atoms with E-state index in [0.29, 0.717) is 0 Å². The number of ether oxygens (including phenoxy) is 2. The van der Waals surface area contributed by atoms with Gasteiger partial charge in [0.15, 0.2) is 0 Å². The van der Waals surface area contributed by atoms with Crippen molar-refractivity contribution >= 4 is 23.5 Å². The first-order valence-corrected chi connectivity index (χ1v) is 6.31. The molecule has 0 spiro atoms. The van der Waals surface area contributed by atoms with Crippen LogP contribution in [0.15, 0.2) is 23.9 Å². The molecule has 0 radical (unpaired) electrons. The zero-order chi connectivity index (χ0) is 15.9. The summed E-state index contributed by atoms with van der Waals surface area (Å²) in [5, 5.41) is 0. The molecule has 0 bridgehead atoms. The molecule has 7 nitrogen and oxygen atoms in total. The van der Waals surface area contributed by atoms with Crippen LogP contribution in [0.1, 0.15) is 6.92 Å². The van der Waals surface area contributed by atoms with Crippen molar-refractivity contribution in [3.63, 3.8) is 0 Å². The summed E-state index contributed by atoms with van der Waals surface area (Å²) in [6.07, 6.45) is 4.01. The monoisotopic (exact) mass is 309 g/mol. The molecule has 0 saturated carbocycles. The Hall–Kier alpha value is -2.51. The maximum absolute atomic E-state index is 11.7. The van der Waals surface area contributed by atoms with Crippen molar-refractivity contribution in [2.45, 2.75) is 12.7 Å². The van der Waals surface area contributed by atoms with Crippen LogP contribution < -0.4 is 0 Å². The fourth-order valence-electron chi connectivity index (χ4n) is 1.38. The second kappa shape index (κ2) is 7.32. The fourth-order valence-corrected chi connectivity index (χ4v) is 1.49. The Morgan fingerprint density at radius 2 is 1.76 bits per heavy atom. The molecule has 110 valence electrons. The summed E-state index contributed by atoms with van der Waals surface area (Å²) in [7, 11) is 0. The zero-order valence-corrected chi connectivity index (χ0v) is 12.0. The summed E-state index contributed by atoms with van der Waals surface area (Å²) >= 11 is 5.56.